The van der Waals surface area contributed by atoms with Gasteiger partial charge in [-0.15, -0.1) is 0 Å². The minimum atomic E-state index is 0.629. The molecule has 0 aliphatic carbocycles. The van der Waals surface area contributed by atoms with Gasteiger partial charge in [-0.25, -0.2) is 0 Å². The molecular formula is C19H43N3. The van der Waals surface area contributed by atoms with E-state index in [0.29, 0.717) is 12.1 Å². The van der Waals surface area contributed by atoms with E-state index >= 15 is 0 Å². The van der Waals surface area contributed by atoms with Crippen molar-refractivity contribution in [3.8, 4) is 0 Å². The lowest BCUT2D eigenvalue weighted by Crippen LogP contribution is -2.32. The summed E-state index contributed by atoms with van der Waals surface area (Å²) in [6.45, 7) is 14.0. The van der Waals surface area contributed by atoms with Crippen LogP contribution in [0.2, 0.25) is 0 Å². The van der Waals surface area contributed by atoms with E-state index in [4.69, 9.17) is 0 Å². The van der Waals surface area contributed by atoms with Crippen LogP contribution in [-0.2, 0) is 0 Å². The van der Waals surface area contributed by atoms with Crippen molar-refractivity contribution < 1.29 is 0 Å². The second-order valence-electron chi connectivity index (χ2n) is 7.17. The number of nitrogens with one attached hydrogen (secondary N) is 2. The van der Waals surface area contributed by atoms with Gasteiger partial charge in [-0.1, -0.05) is 39.5 Å². The van der Waals surface area contributed by atoms with Gasteiger partial charge in [0.1, 0.15) is 0 Å². The molecule has 0 aliphatic rings. The van der Waals surface area contributed by atoms with E-state index in [0.717, 1.165) is 0 Å². The Balaban J connectivity index is 3.52. The second-order valence-corrected chi connectivity index (χ2v) is 7.17. The molecule has 0 aromatic rings. The Bertz CT molecular complexity index is 217. The molecule has 0 atom stereocenters. The average molecular weight is 314 g/mol. The van der Waals surface area contributed by atoms with Gasteiger partial charge >= 0.3 is 0 Å². The van der Waals surface area contributed by atoms with Crippen LogP contribution in [-0.4, -0.2) is 50.2 Å². The van der Waals surface area contributed by atoms with E-state index in [-0.39, 0.29) is 0 Å². The first-order valence-corrected chi connectivity index (χ1v) is 9.70. The number of rotatable bonds is 16. The average Bonchev–Trinajstić information content (AvgIpc) is 2.46. The maximum Gasteiger partial charge on any atom is 0.00385 e. The third-order valence-corrected chi connectivity index (χ3v) is 4.28. The lowest BCUT2D eigenvalue weighted by Gasteiger charge is -2.26. The molecule has 0 amide bonds. The Kier molecular flexibility index (Phi) is 15.7. The predicted octanol–water partition coefficient (Wildman–Crippen LogP) is 4.04. The van der Waals surface area contributed by atoms with Gasteiger partial charge in [0.25, 0.3) is 0 Å². The molecule has 3 nitrogen and oxygen atoms in total. The van der Waals surface area contributed by atoms with Crippen LogP contribution in [0.15, 0.2) is 0 Å². The van der Waals surface area contributed by atoms with E-state index < -0.39 is 0 Å². The fraction of sp³-hybridized carbons (Fsp3) is 1.00. The van der Waals surface area contributed by atoms with Crippen LogP contribution < -0.4 is 10.6 Å². The van der Waals surface area contributed by atoms with Crippen LogP contribution in [0.1, 0.15) is 79.1 Å². The molecule has 134 valence electrons. The molecule has 0 saturated heterocycles. The van der Waals surface area contributed by atoms with Gasteiger partial charge in [-0.3, -0.25) is 0 Å². The van der Waals surface area contributed by atoms with Crippen molar-refractivity contribution in [2.24, 2.45) is 0 Å². The molecule has 0 saturated carbocycles. The Labute approximate surface area is 140 Å². The third-order valence-electron chi connectivity index (χ3n) is 4.28. The number of hydrogen-bond donors (Lipinski definition) is 2. The molecule has 0 aromatic carbocycles. The van der Waals surface area contributed by atoms with Gasteiger partial charge < -0.3 is 15.5 Å². The largest absolute Gasteiger partial charge is 0.320 e. The van der Waals surface area contributed by atoms with Crippen LogP contribution in [0, 0.1) is 0 Å². The van der Waals surface area contributed by atoms with E-state index in [1.54, 1.807) is 0 Å². The first-order valence-electron chi connectivity index (χ1n) is 9.70. The molecule has 0 unspecified atom stereocenters. The van der Waals surface area contributed by atoms with Gasteiger partial charge in [-0.2, -0.15) is 0 Å². The molecule has 0 aliphatic heterocycles. The SMILES string of the molecule is CNCCCCCCN(CCCCCCNC(C)C)C(C)C. The first-order chi connectivity index (χ1) is 10.6. The highest BCUT2D eigenvalue weighted by Crippen LogP contribution is 2.08. The van der Waals surface area contributed by atoms with Gasteiger partial charge in [0.2, 0.25) is 0 Å². The van der Waals surface area contributed by atoms with Gasteiger partial charge in [0, 0.05) is 12.1 Å². The Hall–Kier alpha value is -0.120. The van der Waals surface area contributed by atoms with Crippen molar-refractivity contribution in [1.29, 1.82) is 0 Å². The molecule has 0 spiro atoms. The Morgan fingerprint density at radius 1 is 0.682 bits per heavy atom. The fourth-order valence-corrected chi connectivity index (χ4v) is 2.78. The smallest absolute Gasteiger partial charge is 0.00385 e. The second kappa shape index (κ2) is 15.8. The molecule has 0 aromatic heterocycles. The highest BCUT2D eigenvalue weighted by atomic mass is 15.1. The molecular weight excluding hydrogens is 270 g/mol. The minimum Gasteiger partial charge on any atom is -0.320 e. The normalized spacial score (nSPS) is 12.0. The van der Waals surface area contributed by atoms with E-state index in [2.05, 4.69) is 43.2 Å². The lowest BCUT2D eigenvalue weighted by molar-refractivity contribution is 0.212. The zero-order valence-electron chi connectivity index (χ0n) is 16.1. The summed E-state index contributed by atoms with van der Waals surface area (Å²) >= 11 is 0. The van der Waals surface area contributed by atoms with Crippen molar-refractivity contribution in [1.82, 2.24) is 15.5 Å². The van der Waals surface area contributed by atoms with Crippen molar-refractivity contribution in [2.45, 2.75) is 91.1 Å². The van der Waals surface area contributed by atoms with E-state index in [1.807, 2.05) is 7.05 Å². The summed E-state index contributed by atoms with van der Waals surface area (Å²) in [5, 5.41) is 6.72. The fourth-order valence-electron chi connectivity index (χ4n) is 2.78. The van der Waals surface area contributed by atoms with Crippen molar-refractivity contribution in [2.75, 3.05) is 33.2 Å². The molecule has 0 fully saturated rings. The van der Waals surface area contributed by atoms with Gasteiger partial charge in [0.15, 0.2) is 0 Å². The quantitative estimate of drug-likeness (QED) is 0.421. The number of hydrogen-bond acceptors (Lipinski definition) is 3. The molecule has 0 heterocycles. The van der Waals surface area contributed by atoms with Crippen LogP contribution in [0.3, 0.4) is 0 Å². The summed E-state index contributed by atoms with van der Waals surface area (Å²) in [6, 6.07) is 1.32. The Morgan fingerprint density at radius 3 is 1.64 bits per heavy atom. The zero-order chi connectivity index (χ0) is 16.6. The maximum atomic E-state index is 3.50. The molecule has 0 radical (unpaired) electrons. The third kappa shape index (κ3) is 14.8. The zero-order valence-corrected chi connectivity index (χ0v) is 16.1. The van der Waals surface area contributed by atoms with Crippen LogP contribution in [0.5, 0.6) is 0 Å². The number of nitrogens with zero attached hydrogens (tertiary/aromatic N) is 1. The monoisotopic (exact) mass is 313 g/mol. The highest BCUT2D eigenvalue weighted by molar-refractivity contribution is 4.64. The molecule has 0 bridgehead atoms. The standard InChI is InChI=1S/C19H43N3/c1-18(2)21-15-11-7-9-13-17-22(19(3)4)16-12-8-6-10-14-20-5/h18-21H,6-17H2,1-5H3. The molecule has 0 rings (SSSR count). The topological polar surface area (TPSA) is 27.3 Å². The minimum absolute atomic E-state index is 0.629. The molecule has 3 heteroatoms. The molecule has 2 N–H and O–H groups in total. The van der Waals surface area contributed by atoms with Crippen molar-refractivity contribution >= 4 is 0 Å². The first kappa shape index (κ1) is 21.9. The van der Waals surface area contributed by atoms with Crippen molar-refractivity contribution in [3.05, 3.63) is 0 Å². The van der Waals surface area contributed by atoms with E-state index in [1.165, 1.54) is 77.5 Å². The van der Waals surface area contributed by atoms with Crippen LogP contribution in [0.4, 0.5) is 0 Å². The predicted molar refractivity (Wildman–Crippen MR) is 101 cm³/mol. The van der Waals surface area contributed by atoms with Gasteiger partial charge in [-0.05, 0) is 72.8 Å². The summed E-state index contributed by atoms with van der Waals surface area (Å²) in [6.07, 6.45) is 10.9. The summed E-state index contributed by atoms with van der Waals surface area (Å²) in [5.74, 6) is 0. The molecule has 22 heavy (non-hydrogen) atoms. The van der Waals surface area contributed by atoms with Crippen molar-refractivity contribution in [3.63, 3.8) is 0 Å². The number of unbranched alkanes of at least 4 members (excludes halogenated alkanes) is 6. The summed E-state index contributed by atoms with van der Waals surface area (Å²) in [4.78, 5) is 2.67. The Morgan fingerprint density at radius 2 is 1.18 bits per heavy atom. The highest BCUT2D eigenvalue weighted by Gasteiger charge is 2.08. The van der Waals surface area contributed by atoms with Crippen LogP contribution in [0.25, 0.3) is 0 Å². The summed E-state index contributed by atoms with van der Waals surface area (Å²) in [7, 11) is 2.04. The van der Waals surface area contributed by atoms with Crippen LogP contribution >= 0.6 is 0 Å². The maximum absolute atomic E-state index is 3.50. The van der Waals surface area contributed by atoms with Gasteiger partial charge in [0.05, 0.1) is 0 Å². The van der Waals surface area contributed by atoms with E-state index in [9.17, 15) is 0 Å². The lowest BCUT2D eigenvalue weighted by atomic mass is 10.1. The summed E-state index contributed by atoms with van der Waals surface area (Å²) in [5.41, 5.74) is 0. The summed E-state index contributed by atoms with van der Waals surface area (Å²) < 4.78 is 0.